The number of amides is 1. The van der Waals surface area contributed by atoms with Gasteiger partial charge in [-0.15, -0.1) is 6.58 Å². The quantitative estimate of drug-likeness (QED) is 0.434. The van der Waals surface area contributed by atoms with Crippen LogP contribution in [0.2, 0.25) is 0 Å². The lowest BCUT2D eigenvalue weighted by Gasteiger charge is -2.20. The van der Waals surface area contributed by atoms with E-state index in [2.05, 4.69) is 11.9 Å². The molecular formula is C13H24N2OS. The highest BCUT2D eigenvalue weighted by Gasteiger charge is 2.26. The summed E-state index contributed by atoms with van der Waals surface area (Å²) in [5, 5.41) is 3.00. The molecule has 1 rings (SSSR count). The van der Waals surface area contributed by atoms with Gasteiger partial charge in [0.05, 0.1) is 5.92 Å². The van der Waals surface area contributed by atoms with E-state index in [0.29, 0.717) is 0 Å². The summed E-state index contributed by atoms with van der Waals surface area (Å²) in [5.74, 6) is 2.07. The van der Waals surface area contributed by atoms with Crippen molar-refractivity contribution in [2.45, 2.75) is 38.1 Å². The molecule has 0 bridgehead atoms. The smallest absolute Gasteiger partial charge is 0.224 e. The summed E-state index contributed by atoms with van der Waals surface area (Å²) < 4.78 is 0. The Morgan fingerprint density at radius 2 is 2.18 bits per heavy atom. The SMILES string of the molecule is C=CCSCCNC(=O)C1CCCCCC1N. The topological polar surface area (TPSA) is 55.1 Å². The van der Waals surface area contributed by atoms with E-state index in [1.807, 2.05) is 6.08 Å². The van der Waals surface area contributed by atoms with Gasteiger partial charge in [-0.05, 0) is 12.8 Å². The van der Waals surface area contributed by atoms with Gasteiger partial charge in [0, 0.05) is 24.1 Å². The van der Waals surface area contributed by atoms with Gasteiger partial charge in [0.25, 0.3) is 0 Å². The monoisotopic (exact) mass is 256 g/mol. The van der Waals surface area contributed by atoms with E-state index in [-0.39, 0.29) is 17.9 Å². The molecule has 0 aliphatic heterocycles. The van der Waals surface area contributed by atoms with Crippen LogP contribution in [0.1, 0.15) is 32.1 Å². The summed E-state index contributed by atoms with van der Waals surface area (Å²) in [6.07, 6.45) is 7.34. The van der Waals surface area contributed by atoms with Gasteiger partial charge in [-0.1, -0.05) is 25.3 Å². The zero-order chi connectivity index (χ0) is 12.5. The van der Waals surface area contributed by atoms with Crippen molar-refractivity contribution in [3.05, 3.63) is 12.7 Å². The molecule has 3 nitrogen and oxygen atoms in total. The zero-order valence-electron chi connectivity index (χ0n) is 10.5. The van der Waals surface area contributed by atoms with E-state index in [1.165, 1.54) is 12.8 Å². The maximum Gasteiger partial charge on any atom is 0.224 e. The van der Waals surface area contributed by atoms with Crippen molar-refractivity contribution in [3.8, 4) is 0 Å². The molecule has 1 aliphatic carbocycles. The maximum absolute atomic E-state index is 12.0. The molecule has 4 heteroatoms. The van der Waals surface area contributed by atoms with Crippen LogP contribution in [-0.4, -0.2) is 30.0 Å². The fourth-order valence-electron chi connectivity index (χ4n) is 2.21. The Morgan fingerprint density at radius 3 is 2.94 bits per heavy atom. The maximum atomic E-state index is 12.0. The normalized spacial score (nSPS) is 25.0. The minimum atomic E-state index is 0.0295. The van der Waals surface area contributed by atoms with Crippen LogP contribution in [0.25, 0.3) is 0 Å². The fourth-order valence-corrected chi connectivity index (χ4v) is 2.79. The van der Waals surface area contributed by atoms with Gasteiger partial charge in [-0.25, -0.2) is 0 Å². The molecule has 0 spiro atoms. The van der Waals surface area contributed by atoms with Crippen LogP contribution >= 0.6 is 11.8 Å². The zero-order valence-corrected chi connectivity index (χ0v) is 11.3. The first-order valence-corrected chi connectivity index (χ1v) is 7.63. The number of hydrogen-bond acceptors (Lipinski definition) is 3. The summed E-state index contributed by atoms with van der Waals surface area (Å²) >= 11 is 1.78. The van der Waals surface area contributed by atoms with Crippen LogP contribution in [0, 0.1) is 5.92 Å². The number of hydrogen-bond donors (Lipinski definition) is 2. The molecule has 1 aliphatic rings. The van der Waals surface area contributed by atoms with E-state index in [1.54, 1.807) is 11.8 Å². The largest absolute Gasteiger partial charge is 0.355 e. The number of carbonyl (C=O) groups is 1. The number of rotatable bonds is 6. The predicted molar refractivity (Wildman–Crippen MR) is 75.1 cm³/mol. The van der Waals surface area contributed by atoms with Crippen molar-refractivity contribution in [1.29, 1.82) is 0 Å². The molecular weight excluding hydrogens is 232 g/mol. The van der Waals surface area contributed by atoms with Gasteiger partial charge in [0.1, 0.15) is 0 Å². The summed E-state index contributed by atoms with van der Waals surface area (Å²) in [6.45, 7) is 4.40. The van der Waals surface area contributed by atoms with Crippen LogP contribution in [-0.2, 0) is 4.79 Å². The molecule has 17 heavy (non-hydrogen) atoms. The Kier molecular flexibility index (Phi) is 7.37. The average Bonchev–Trinajstić information content (AvgIpc) is 2.53. The molecule has 2 atom stereocenters. The molecule has 98 valence electrons. The Hall–Kier alpha value is -0.480. The van der Waals surface area contributed by atoms with Crippen molar-refractivity contribution >= 4 is 17.7 Å². The highest BCUT2D eigenvalue weighted by Crippen LogP contribution is 2.22. The third-order valence-electron chi connectivity index (χ3n) is 3.19. The van der Waals surface area contributed by atoms with Crippen LogP contribution in [0.4, 0.5) is 0 Å². The Balaban J connectivity index is 2.22. The first-order valence-electron chi connectivity index (χ1n) is 6.47. The minimum absolute atomic E-state index is 0.0295. The highest BCUT2D eigenvalue weighted by atomic mass is 32.2. The predicted octanol–water partition coefficient (Wildman–Crippen LogP) is 1.93. The van der Waals surface area contributed by atoms with Crippen molar-refractivity contribution in [2.24, 2.45) is 11.7 Å². The van der Waals surface area contributed by atoms with Crippen molar-refractivity contribution in [1.82, 2.24) is 5.32 Å². The molecule has 1 amide bonds. The molecule has 0 aromatic rings. The number of nitrogens with one attached hydrogen (secondary N) is 1. The van der Waals surface area contributed by atoms with Gasteiger partial charge in [0.2, 0.25) is 5.91 Å². The van der Waals surface area contributed by atoms with E-state index < -0.39 is 0 Å². The summed E-state index contributed by atoms with van der Waals surface area (Å²) in [4.78, 5) is 12.0. The van der Waals surface area contributed by atoms with E-state index >= 15 is 0 Å². The molecule has 1 fully saturated rings. The Morgan fingerprint density at radius 1 is 1.41 bits per heavy atom. The van der Waals surface area contributed by atoms with Crippen LogP contribution in [0.3, 0.4) is 0 Å². The van der Waals surface area contributed by atoms with Gasteiger partial charge in [0.15, 0.2) is 0 Å². The van der Waals surface area contributed by atoms with Crippen LogP contribution in [0.15, 0.2) is 12.7 Å². The second-order valence-electron chi connectivity index (χ2n) is 4.56. The first kappa shape index (κ1) is 14.6. The summed E-state index contributed by atoms with van der Waals surface area (Å²) in [5.41, 5.74) is 6.05. The minimum Gasteiger partial charge on any atom is -0.355 e. The van der Waals surface area contributed by atoms with Crippen LogP contribution < -0.4 is 11.1 Å². The lowest BCUT2D eigenvalue weighted by Crippen LogP contribution is -2.41. The standard InChI is InChI=1S/C13H24N2OS/c1-2-9-17-10-8-15-13(16)11-6-4-3-5-7-12(11)14/h2,11-12H,1,3-10,14H2,(H,15,16). The van der Waals surface area contributed by atoms with E-state index in [9.17, 15) is 4.79 Å². The average molecular weight is 256 g/mol. The highest BCUT2D eigenvalue weighted by molar-refractivity contribution is 7.99. The molecule has 1 saturated carbocycles. The second-order valence-corrected chi connectivity index (χ2v) is 5.71. The lowest BCUT2D eigenvalue weighted by atomic mass is 9.95. The van der Waals surface area contributed by atoms with Crippen molar-refractivity contribution < 1.29 is 4.79 Å². The second kappa shape index (κ2) is 8.59. The van der Waals surface area contributed by atoms with Crippen molar-refractivity contribution in [2.75, 3.05) is 18.1 Å². The number of nitrogens with two attached hydrogens (primary N) is 1. The molecule has 0 aromatic carbocycles. The summed E-state index contributed by atoms with van der Waals surface area (Å²) in [7, 11) is 0. The lowest BCUT2D eigenvalue weighted by molar-refractivity contribution is -0.125. The molecule has 2 unspecified atom stereocenters. The van der Waals surface area contributed by atoms with E-state index in [4.69, 9.17) is 5.73 Å². The Labute approximate surface area is 109 Å². The molecule has 3 N–H and O–H groups in total. The Bertz CT molecular complexity index is 246. The first-order chi connectivity index (χ1) is 8.25. The van der Waals surface area contributed by atoms with Crippen LogP contribution in [0.5, 0.6) is 0 Å². The third kappa shape index (κ3) is 5.59. The summed E-state index contributed by atoms with van der Waals surface area (Å²) in [6, 6.07) is 0.0540. The molecule has 0 heterocycles. The van der Waals surface area contributed by atoms with Gasteiger partial charge in [-0.3, -0.25) is 4.79 Å². The van der Waals surface area contributed by atoms with Gasteiger partial charge in [-0.2, -0.15) is 11.8 Å². The molecule has 0 radical (unpaired) electrons. The third-order valence-corrected chi connectivity index (χ3v) is 4.15. The molecule has 0 saturated heterocycles. The van der Waals surface area contributed by atoms with Gasteiger partial charge < -0.3 is 11.1 Å². The molecule has 0 aromatic heterocycles. The number of carbonyl (C=O) groups excluding carboxylic acids is 1. The number of thioether (sulfide) groups is 1. The fraction of sp³-hybridized carbons (Fsp3) is 0.769. The van der Waals surface area contributed by atoms with E-state index in [0.717, 1.165) is 37.3 Å². The van der Waals surface area contributed by atoms with Gasteiger partial charge >= 0.3 is 0 Å². The van der Waals surface area contributed by atoms with Crippen molar-refractivity contribution in [3.63, 3.8) is 0 Å².